The lowest BCUT2D eigenvalue weighted by Crippen LogP contribution is -2.10. The van der Waals surface area contributed by atoms with Crippen LogP contribution in [0.2, 0.25) is 0 Å². The lowest BCUT2D eigenvalue weighted by molar-refractivity contribution is 0.558. The summed E-state index contributed by atoms with van der Waals surface area (Å²) in [6.07, 6.45) is 3.36. The highest BCUT2D eigenvalue weighted by Gasteiger charge is 2.21. The van der Waals surface area contributed by atoms with Gasteiger partial charge in [0.25, 0.3) is 0 Å². The molecule has 0 aliphatic carbocycles. The minimum Gasteiger partial charge on any atom is -0.368 e. The predicted octanol–water partition coefficient (Wildman–Crippen LogP) is 8.03. The first-order chi connectivity index (χ1) is 15.1. The SMILES string of the molecule is Cc1c(C)c(-c2ccc(NC(C)C)nc2)c(F)c(C)c1-c1ccc(CCC(C)C)c(F)c1. The predicted molar refractivity (Wildman–Crippen MR) is 131 cm³/mol. The third kappa shape index (κ3) is 5.01. The molecule has 2 nitrogen and oxygen atoms in total. The van der Waals surface area contributed by atoms with Crippen molar-refractivity contribution >= 4 is 5.82 Å². The molecule has 0 unspecified atom stereocenters. The van der Waals surface area contributed by atoms with Gasteiger partial charge in [0.2, 0.25) is 0 Å². The average Bonchev–Trinajstić information content (AvgIpc) is 2.73. The lowest BCUT2D eigenvalue weighted by atomic mass is 9.86. The summed E-state index contributed by atoms with van der Waals surface area (Å²) in [4.78, 5) is 4.44. The molecule has 4 heteroatoms. The quantitative estimate of drug-likeness (QED) is 0.405. The number of nitrogens with one attached hydrogen (secondary N) is 1. The zero-order valence-corrected chi connectivity index (χ0v) is 20.2. The van der Waals surface area contributed by atoms with Crippen molar-refractivity contribution in [2.24, 2.45) is 5.92 Å². The second-order valence-corrected chi connectivity index (χ2v) is 9.41. The van der Waals surface area contributed by atoms with Crippen LogP contribution in [0.25, 0.3) is 22.3 Å². The van der Waals surface area contributed by atoms with E-state index in [1.54, 1.807) is 19.2 Å². The maximum Gasteiger partial charge on any atom is 0.134 e. The number of halogens is 2. The first-order valence-corrected chi connectivity index (χ1v) is 11.4. The molecule has 3 rings (SSSR count). The van der Waals surface area contributed by atoms with Gasteiger partial charge in [-0.2, -0.15) is 0 Å². The maximum absolute atomic E-state index is 15.6. The van der Waals surface area contributed by atoms with Crippen LogP contribution < -0.4 is 5.32 Å². The number of hydrogen-bond acceptors (Lipinski definition) is 2. The molecule has 1 N–H and O–H groups in total. The molecule has 2 aromatic carbocycles. The number of rotatable bonds is 7. The monoisotopic (exact) mass is 436 g/mol. The Morgan fingerprint density at radius 1 is 0.844 bits per heavy atom. The van der Waals surface area contributed by atoms with Gasteiger partial charge in [-0.15, -0.1) is 0 Å². The summed E-state index contributed by atoms with van der Waals surface area (Å²) < 4.78 is 30.5. The van der Waals surface area contributed by atoms with Crippen LogP contribution in [0.5, 0.6) is 0 Å². The van der Waals surface area contributed by atoms with Gasteiger partial charge in [0, 0.05) is 23.4 Å². The third-order valence-corrected chi connectivity index (χ3v) is 6.06. The summed E-state index contributed by atoms with van der Waals surface area (Å²) >= 11 is 0. The Balaban J connectivity index is 2.03. The molecule has 0 saturated heterocycles. The number of pyridine rings is 1. The molecule has 0 aliphatic rings. The van der Waals surface area contributed by atoms with Crippen molar-refractivity contribution in [2.45, 2.75) is 67.3 Å². The second kappa shape index (κ2) is 9.81. The molecule has 3 aromatic rings. The van der Waals surface area contributed by atoms with Crippen molar-refractivity contribution in [3.8, 4) is 22.3 Å². The van der Waals surface area contributed by atoms with E-state index >= 15 is 4.39 Å². The molecule has 0 bridgehead atoms. The highest BCUT2D eigenvalue weighted by atomic mass is 19.1. The normalized spacial score (nSPS) is 11.5. The molecule has 0 saturated carbocycles. The van der Waals surface area contributed by atoms with Crippen molar-refractivity contribution in [3.63, 3.8) is 0 Å². The van der Waals surface area contributed by atoms with Crippen molar-refractivity contribution in [2.75, 3.05) is 5.32 Å². The van der Waals surface area contributed by atoms with Crippen LogP contribution in [0.3, 0.4) is 0 Å². The summed E-state index contributed by atoms with van der Waals surface area (Å²) in [5, 5.41) is 3.25. The summed E-state index contributed by atoms with van der Waals surface area (Å²) in [6.45, 7) is 14.0. The first-order valence-electron chi connectivity index (χ1n) is 11.4. The number of hydrogen-bond donors (Lipinski definition) is 1. The Hall–Kier alpha value is -2.75. The van der Waals surface area contributed by atoms with E-state index in [9.17, 15) is 4.39 Å². The molecule has 0 amide bonds. The molecular formula is C28H34F2N2. The highest BCUT2D eigenvalue weighted by Crippen LogP contribution is 2.39. The maximum atomic E-state index is 15.6. The first kappa shape index (κ1) is 23.9. The van der Waals surface area contributed by atoms with Crippen LogP contribution in [-0.4, -0.2) is 11.0 Å². The van der Waals surface area contributed by atoms with Gasteiger partial charge in [-0.05, 0) is 105 Å². The van der Waals surface area contributed by atoms with E-state index in [2.05, 4.69) is 24.1 Å². The number of benzene rings is 2. The highest BCUT2D eigenvalue weighted by molar-refractivity contribution is 5.80. The van der Waals surface area contributed by atoms with Gasteiger partial charge in [-0.3, -0.25) is 0 Å². The van der Waals surface area contributed by atoms with E-state index in [1.807, 2.05) is 52.0 Å². The largest absolute Gasteiger partial charge is 0.368 e. The second-order valence-electron chi connectivity index (χ2n) is 9.41. The molecule has 0 aliphatic heterocycles. The topological polar surface area (TPSA) is 24.9 Å². The standard InChI is InChI=1S/C28H34F2N2/c1-16(2)8-9-21-10-11-22(14-24(21)29)26-18(5)19(6)27(28(30)20(26)7)23-12-13-25(31-15-23)32-17(3)4/h10-17H,8-9H2,1-7H3,(H,31,32). The number of aromatic nitrogens is 1. The van der Waals surface area contributed by atoms with Gasteiger partial charge < -0.3 is 5.32 Å². The Morgan fingerprint density at radius 2 is 1.50 bits per heavy atom. The summed E-state index contributed by atoms with van der Waals surface area (Å²) in [6, 6.07) is 9.35. The van der Waals surface area contributed by atoms with E-state index in [4.69, 9.17) is 0 Å². The van der Waals surface area contributed by atoms with Gasteiger partial charge in [0.15, 0.2) is 0 Å². The number of nitrogens with zero attached hydrogens (tertiary/aromatic N) is 1. The number of aryl methyl sites for hydroxylation is 1. The Labute approximate surface area is 191 Å². The molecule has 0 spiro atoms. The Morgan fingerprint density at radius 3 is 2.06 bits per heavy atom. The average molecular weight is 437 g/mol. The third-order valence-electron chi connectivity index (χ3n) is 6.06. The van der Waals surface area contributed by atoms with Crippen LogP contribution in [0.15, 0.2) is 36.5 Å². The van der Waals surface area contributed by atoms with Crippen LogP contribution in [0.1, 0.15) is 56.4 Å². The fraction of sp³-hybridized carbons (Fsp3) is 0.393. The Bertz CT molecular complexity index is 1070. The van der Waals surface area contributed by atoms with Gasteiger partial charge >= 0.3 is 0 Å². The molecule has 0 fully saturated rings. The van der Waals surface area contributed by atoms with E-state index in [-0.39, 0.29) is 17.7 Å². The van der Waals surface area contributed by atoms with Gasteiger partial charge in [-0.25, -0.2) is 13.8 Å². The lowest BCUT2D eigenvalue weighted by Gasteiger charge is -2.20. The zero-order valence-electron chi connectivity index (χ0n) is 20.2. The van der Waals surface area contributed by atoms with E-state index in [0.717, 1.165) is 34.5 Å². The molecule has 170 valence electrons. The van der Waals surface area contributed by atoms with E-state index in [0.29, 0.717) is 34.6 Å². The molecular weight excluding hydrogens is 402 g/mol. The van der Waals surface area contributed by atoms with Gasteiger partial charge in [0.05, 0.1) is 0 Å². The number of anilines is 1. The Kier molecular flexibility index (Phi) is 7.33. The van der Waals surface area contributed by atoms with Gasteiger partial charge in [0.1, 0.15) is 17.5 Å². The van der Waals surface area contributed by atoms with Gasteiger partial charge in [-0.1, -0.05) is 26.0 Å². The minimum absolute atomic E-state index is 0.221. The van der Waals surface area contributed by atoms with Crippen LogP contribution in [0, 0.1) is 38.3 Å². The zero-order chi connectivity index (χ0) is 23.6. The van der Waals surface area contributed by atoms with Crippen molar-refractivity contribution < 1.29 is 8.78 Å². The van der Waals surface area contributed by atoms with Crippen molar-refractivity contribution in [3.05, 3.63) is 70.4 Å². The van der Waals surface area contributed by atoms with Crippen LogP contribution in [0.4, 0.5) is 14.6 Å². The van der Waals surface area contributed by atoms with Crippen molar-refractivity contribution in [1.82, 2.24) is 4.98 Å². The summed E-state index contributed by atoms with van der Waals surface area (Å²) in [5.41, 5.74) is 5.83. The summed E-state index contributed by atoms with van der Waals surface area (Å²) in [5.74, 6) is 0.785. The molecule has 1 aromatic heterocycles. The fourth-order valence-corrected chi connectivity index (χ4v) is 4.17. The fourth-order valence-electron chi connectivity index (χ4n) is 4.17. The van der Waals surface area contributed by atoms with Crippen LogP contribution in [-0.2, 0) is 6.42 Å². The smallest absolute Gasteiger partial charge is 0.134 e. The summed E-state index contributed by atoms with van der Waals surface area (Å²) in [7, 11) is 0. The minimum atomic E-state index is -0.279. The molecule has 0 radical (unpaired) electrons. The van der Waals surface area contributed by atoms with Crippen LogP contribution >= 0.6 is 0 Å². The molecule has 1 heterocycles. The van der Waals surface area contributed by atoms with E-state index in [1.165, 1.54) is 0 Å². The van der Waals surface area contributed by atoms with E-state index < -0.39 is 0 Å². The molecule has 0 atom stereocenters. The molecule has 32 heavy (non-hydrogen) atoms. The van der Waals surface area contributed by atoms with Crippen molar-refractivity contribution in [1.29, 1.82) is 0 Å².